The molecule has 0 spiro atoms. The summed E-state index contributed by atoms with van der Waals surface area (Å²) in [7, 11) is 0. The first kappa shape index (κ1) is 21.9. The average molecular weight is 425 g/mol. The van der Waals surface area contributed by atoms with Crippen molar-refractivity contribution in [1.82, 2.24) is 9.55 Å². The van der Waals surface area contributed by atoms with Gasteiger partial charge in [-0.15, -0.1) is 0 Å². The van der Waals surface area contributed by atoms with Gasteiger partial charge in [0.2, 0.25) is 0 Å². The summed E-state index contributed by atoms with van der Waals surface area (Å²) >= 11 is 0. The smallest absolute Gasteiger partial charge is 0.141 e. The normalized spacial score (nSPS) is 11.0. The molecule has 4 rings (SSSR count). The van der Waals surface area contributed by atoms with E-state index >= 15 is 0 Å². The molecule has 0 aliphatic rings. The summed E-state index contributed by atoms with van der Waals surface area (Å²) in [5.74, 6) is 1.23. The topological polar surface area (TPSA) is 38.0 Å². The van der Waals surface area contributed by atoms with Crippen LogP contribution in [0.5, 0.6) is 5.75 Å². The predicted octanol–water partition coefficient (Wildman–Crippen LogP) is 7.95. The summed E-state index contributed by atoms with van der Waals surface area (Å²) in [5.41, 5.74) is 5.48. The minimum absolute atomic E-state index is 0.273. The Kier molecular flexibility index (Phi) is 7.39. The molecule has 0 amide bonds. The Morgan fingerprint density at radius 3 is 1.91 bits per heavy atom. The van der Waals surface area contributed by atoms with Gasteiger partial charge in [0.05, 0.1) is 11.4 Å². The number of rotatable bonds is 10. The molecule has 0 saturated carbocycles. The Labute approximate surface area is 191 Å². The van der Waals surface area contributed by atoms with Gasteiger partial charge in [-0.2, -0.15) is 0 Å². The van der Waals surface area contributed by atoms with Gasteiger partial charge in [0, 0.05) is 23.2 Å². The average Bonchev–Trinajstić information content (AvgIpc) is 3.22. The molecule has 4 aromatic rings. The molecule has 0 atom stereocenters. The highest BCUT2D eigenvalue weighted by atomic mass is 16.3. The zero-order valence-electron chi connectivity index (χ0n) is 18.9. The molecule has 164 valence electrons. The van der Waals surface area contributed by atoms with E-state index in [-0.39, 0.29) is 5.75 Å². The number of hydrogen-bond donors (Lipinski definition) is 1. The van der Waals surface area contributed by atoms with Crippen LogP contribution in [-0.4, -0.2) is 14.7 Å². The second kappa shape index (κ2) is 10.8. The van der Waals surface area contributed by atoms with Crippen LogP contribution < -0.4 is 0 Å². The molecule has 1 heterocycles. The Morgan fingerprint density at radius 2 is 1.25 bits per heavy atom. The molecule has 3 aromatic carbocycles. The van der Waals surface area contributed by atoms with Crippen LogP contribution in [-0.2, 0) is 6.54 Å². The molecule has 3 nitrogen and oxygen atoms in total. The maximum atomic E-state index is 9.81. The van der Waals surface area contributed by atoms with Crippen molar-refractivity contribution in [2.24, 2.45) is 0 Å². The number of hydrogen-bond acceptors (Lipinski definition) is 2. The van der Waals surface area contributed by atoms with Gasteiger partial charge >= 0.3 is 0 Å². The Hall–Kier alpha value is -3.33. The minimum atomic E-state index is 0.273. The first-order valence-corrected chi connectivity index (χ1v) is 11.8. The standard InChI is InChI=1S/C29H32N2O/c1-2-3-4-5-6-13-22-31-28(24-16-11-8-12-17-24)27(23-14-9-7-10-15-23)30-29(31)25-18-20-26(32)21-19-25/h7-12,14-21,32H,2-6,13,22H2,1H3. The van der Waals surface area contributed by atoms with E-state index in [0.29, 0.717) is 0 Å². The molecular formula is C29H32N2O. The Morgan fingerprint density at radius 1 is 0.656 bits per heavy atom. The highest BCUT2D eigenvalue weighted by Crippen LogP contribution is 2.37. The number of phenols is 1. The van der Waals surface area contributed by atoms with Gasteiger partial charge in [0.25, 0.3) is 0 Å². The maximum absolute atomic E-state index is 9.81. The molecule has 0 aliphatic heterocycles. The third-order valence-electron chi connectivity index (χ3n) is 5.92. The Bertz CT molecular complexity index is 1100. The molecular weight excluding hydrogens is 392 g/mol. The number of unbranched alkanes of at least 4 members (excludes halogenated alkanes) is 5. The summed E-state index contributed by atoms with van der Waals surface area (Å²) in [6.45, 7) is 3.18. The Balaban J connectivity index is 1.79. The van der Waals surface area contributed by atoms with Crippen LogP contribution in [0, 0.1) is 0 Å². The zero-order chi connectivity index (χ0) is 22.2. The monoisotopic (exact) mass is 424 g/mol. The lowest BCUT2D eigenvalue weighted by atomic mass is 10.0. The third-order valence-corrected chi connectivity index (χ3v) is 5.92. The molecule has 32 heavy (non-hydrogen) atoms. The fourth-order valence-electron chi connectivity index (χ4n) is 4.24. The lowest BCUT2D eigenvalue weighted by Gasteiger charge is -2.14. The first-order chi connectivity index (χ1) is 15.8. The SMILES string of the molecule is CCCCCCCCn1c(-c2ccc(O)cc2)nc(-c2ccccc2)c1-c1ccccc1. The van der Waals surface area contributed by atoms with Crippen LogP contribution in [0.3, 0.4) is 0 Å². The molecule has 0 radical (unpaired) electrons. The van der Waals surface area contributed by atoms with E-state index in [1.807, 2.05) is 18.2 Å². The van der Waals surface area contributed by atoms with E-state index in [1.165, 1.54) is 37.7 Å². The third kappa shape index (κ3) is 5.11. The fraction of sp³-hybridized carbons (Fsp3) is 0.276. The summed E-state index contributed by atoms with van der Waals surface area (Å²) in [6, 6.07) is 28.4. The fourth-order valence-corrected chi connectivity index (χ4v) is 4.24. The zero-order valence-corrected chi connectivity index (χ0v) is 18.9. The van der Waals surface area contributed by atoms with Gasteiger partial charge in [-0.25, -0.2) is 4.98 Å². The molecule has 0 saturated heterocycles. The number of aromatic hydroxyl groups is 1. The molecule has 1 N–H and O–H groups in total. The van der Waals surface area contributed by atoms with Crippen molar-refractivity contribution in [2.45, 2.75) is 52.0 Å². The number of phenolic OH excluding ortho intramolecular Hbond substituents is 1. The summed E-state index contributed by atoms with van der Waals surface area (Å²) in [6.07, 6.45) is 7.53. The molecule has 0 fully saturated rings. The highest BCUT2D eigenvalue weighted by Gasteiger charge is 2.20. The second-order valence-electron chi connectivity index (χ2n) is 8.33. The van der Waals surface area contributed by atoms with Crippen molar-refractivity contribution in [1.29, 1.82) is 0 Å². The summed E-state index contributed by atoms with van der Waals surface area (Å²) in [4.78, 5) is 5.17. The van der Waals surface area contributed by atoms with E-state index in [1.54, 1.807) is 12.1 Å². The van der Waals surface area contributed by atoms with Crippen LogP contribution in [0.15, 0.2) is 84.9 Å². The highest BCUT2D eigenvalue weighted by molar-refractivity contribution is 5.82. The van der Waals surface area contributed by atoms with Crippen molar-refractivity contribution in [3.05, 3.63) is 84.9 Å². The van der Waals surface area contributed by atoms with Crippen molar-refractivity contribution in [3.8, 4) is 39.7 Å². The minimum Gasteiger partial charge on any atom is -0.508 e. The number of nitrogens with zero attached hydrogens (tertiary/aromatic N) is 2. The van der Waals surface area contributed by atoms with Crippen LogP contribution in [0.2, 0.25) is 0 Å². The van der Waals surface area contributed by atoms with Gasteiger partial charge in [-0.1, -0.05) is 99.7 Å². The molecule has 0 aliphatic carbocycles. The largest absolute Gasteiger partial charge is 0.508 e. The van der Waals surface area contributed by atoms with Crippen molar-refractivity contribution in [3.63, 3.8) is 0 Å². The van der Waals surface area contributed by atoms with E-state index in [2.05, 4.69) is 66.1 Å². The number of imidazole rings is 1. The van der Waals surface area contributed by atoms with Crippen molar-refractivity contribution in [2.75, 3.05) is 0 Å². The van der Waals surface area contributed by atoms with Crippen LogP contribution in [0.25, 0.3) is 33.9 Å². The molecule has 0 bridgehead atoms. The quantitative estimate of drug-likeness (QED) is 0.262. The first-order valence-electron chi connectivity index (χ1n) is 11.8. The lowest BCUT2D eigenvalue weighted by Crippen LogP contribution is -2.03. The molecule has 1 aromatic heterocycles. The van der Waals surface area contributed by atoms with E-state index in [4.69, 9.17) is 4.98 Å². The van der Waals surface area contributed by atoms with Gasteiger partial charge in [-0.3, -0.25) is 0 Å². The van der Waals surface area contributed by atoms with Gasteiger partial charge in [0.1, 0.15) is 11.6 Å². The van der Waals surface area contributed by atoms with Crippen molar-refractivity contribution < 1.29 is 5.11 Å². The van der Waals surface area contributed by atoms with Gasteiger partial charge < -0.3 is 9.67 Å². The lowest BCUT2D eigenvalue weighted by molar-refractivity contribution is 0.475. The van der Waals surface area contributed by atoms with Crippen molar-refractivity contribution >= 4 is 0 Å². The van der Waals surface area contributed by atoms with E-state index in [9.17, 15) is 5.11 Å². The molecule has 3 heteroatoms. The van der Waals surface area contributed by atoms with E-state index < -0.39 is 0 Å². The van der Waals surface area contributed by atoms with Crippen LogP contribution in [0.1, 0.15) is 45.4 Å². The summed E-state index contributed by atoms with van der Waals surface area (Å²) < 4.78 is 2.38. The van der Waals surface area contributed by atoms with Gasteiger partial charge in [-0.05, 0) is 30.7 Å². The number of aromatic nitrogens is 2. The molecule has 0 unspecified atom stereocenters. The van der Waals surface area contributed by atoms with E-state index in [0.717, 1.165) is 41.3 Å². The number of benzene rings is 3. The maximum Gasteiger partial charge on any atom is 0.141 e. The second-order valence-corrected chi connectivity index (χ2v) is 8.33. The predicted molar refractivity (Wildman–Crippen MR) is 134 cm³/mol. The summed E-state index contributed by atoms with van der Waals surface area (Å²) in [5, 5.41) is 9.81. The van der Waals surface area contributed by atoms with Crippen LogP contribution in [0.4, 0.5) is 0 Å². The van der Waals surface area contributed by atoms with Gasteiger partial charge in [0.15, 0.2) is 0 Å². The van der Waals surface area contributed by atoms with Crippen LogP contribution >= 0.6 is 0 Å².